The van der Waals surface area contributed by atoms with Crippen LogP contribution in [0.25, 0.3) is 11.1 Å². The van der Waals surface area contributed by atoms with Gasteiger partial charge < -0.3 is 20.4 Å². The Kier molecular flexibility index (Phi) is 18.0. The standard InChI is InChI=1S/C12H12N2.C12H10.C8H12N2.2C6H5ClO2/c1(11-3-7-13-8-4-11)2-12-5-9-14-10-6-12;1-3-7-11(8-4-1)12-9-5-2-6-10-12;1-5-6(2)10-8(4)7(3)9-5;2*7-6-4(8)2-1-3-5(6)9/h3-10H,1-2H2;1-10H;1-4H3;2*1-3,8-9H. The molecule has 4 aromatic carbocycles. The Hall–Kier alpha value is -5.96. The molecule has 3 heterocycles. The Morgan fingerprint density at radius 2 is 0.667 bits per heavy atom. The fraction of sp³-hybridized carbons (Fsp3) is 0.136. The number of hydrogen-bond acceptors (Lipinski definition) is 8. The molecule has 0 bridgehead atoms. The SMILES string of the molecule is Cc1nc(C)c(C)nc1C.Oc1cccc(O)c1Cl.Oc1cccc(O)c1Cl.c1cc(CCc2ccncc2)ccn1.c1ccc(-c2ccccc2)cc1. The lowest BCUT2D eigenvalue weighted by Crippen LogP contribution is -1.97. The van der Waals surface area contributed by atoms with E-state index in [2.05, 4.69) is 92.7 Å². The van der Waals surface area contributed by atoms with Crippen molar-refractivity contribution in [2.24, 2.45) is 0 Å². The zero-order chi connectivity index (χ0) is 39.3. The summed E-state index contributed by atoms with van der Waals surface area (Å²) in [6, 6.07) is 37.6. The van der Waals surface area contributed by atoms with Crippen LogP contribution < -0.4 is 0 Å². The van der Waals surface area contributed by atoms with Gasteiger partial charge in [0.15, 0.2) is 0 Å². The van der Waals surface area contributed by atoms with E-state index < -0.39 is 0 Å². The lowest BCUT2D eigenvalue weighted by molar-refractivity contribution is 0.450. The molecule has 54 heavy (non-hydrogen) atoms. The van der Waals surface area contributed by atoms with Gasteiger partial charge in [0, 0.05) is 24.8 Å². The van der Waals surface area contributed by atoms with Crippen LogP contribution in [-0.2, 0) is 12.8 Å². The average Bonchev–Trinajstić information content (AvgIpc) is 3.20. The van der Waals surface area contributed by atoms with E-state index in [0.717, 1.165) is 35.6 Å². The van der Waals surface area contributed by atoms with Crippen molar-refractivity contribution in [1.29, 1.82) is 0 Å². The van der Waals surface area contributed by atoms with E-state index in [1.807, 2.05) is 64.6 Å². The highest BCUT2D eigenvalue weighted by molar-refractivity contribution is 6.33. The summed E-state index contributed by atoms with van der Waals surface area (Å²) in [7, 11) is 0. The summed E-state index contributed by atoms with van der Waals surface area (Å²) < 4.78 is 0. The number of pyridine rings is 2. The van der Waals surface area contributed by atoms with Crippen molar-refractivity contribution in [3.8, 4) is 34.1 Å². The number of benzene rings is 4. The van der Waals surface area contributed by atoms with Gasteiger partial charge in [-0.15, -0.1) is 0 Å². The van der Waals surface area contributed by atoms with Gasteiger partial charge in [-0.05, 0) is 111 Å². The van der Waals surface area contributed by atoms with Gasteiger partial charge in [-0.3, -0.25) is 19.9 Å². The number of phenolic OH excluding ortho intramolecular Hbond substituents is 4. The van der Waals surface area contributed by atoms with Crippen LogP contribution in [0.1, 0.15) is 33.9 Å². The normalized spacial score (nSPS) is 9.74. The first-order valence-electron chi connectivity index (χ1n) is 17.0. The number of aryl methyl sites for hydroxylation is 6. The van der Waals surface area contributed by atoms with Crippen molar-refractivity contribution in [3.05, 3.63) is 190 Å². The molecule has 0 amide bonds. The van der Waals surface area contributed by atoms with Crippen molar-refractivity contribution in [2.75, 3.05) is 0 Å². The van der Waals surface area contributed by atoms with Crippen molar-refractivity contribution < 1.29 is 20.4 Å². The Balaban J connectivity index is 0.000000184. The van der Waals surface area contributed by atoms with Gasteiger partial charge in [-0.25, -0.2) is 0 Å². The third-order valence-electron chi connectivity index (χ3n) is 7.72. The van der Waals surface area contributed by atoms with E-state index >= 15 is 0 Å². The highest BCUT2D eigenvalue weighted by Gasteiger charge is 2.02. The molecule has 10 heteroatoms. The minimum atomic E-state index is -0.100. The Morgan fingerprint density at radius 3 is 0.926 bits per heavy atom. The second-order valence-electron chi connectivity index (χ2n) is 11.7. The molecule has 0 aliphatic carbocycles. The predicted molar refractivity (Wildman–Crippen MR) is 218 cm³/mol. The molecule has 7 aromatic rings. The van der Waals surface area contributed by atoms with Gasteiger partial charge in [0.05, 0.1) is 22.8 Å². The number of nitrogens with zero attached hydrogens (tertiary/aromatic N) is 4. The van der Waals surface area contributed by atoms with E-state index in [0.29, 0.717) is 0 Å². The molecule has 0 fully saturated rings. The molecule has 0 saturated carbocycles. The van der Waals surface area contributed by atoms with E-state index in [-0.39, 0.29) is 33.0 Å². The molecule has 0 saturated heterocycles. The molecule has 3 aromatic heterocycles. The van der Waals surface area contributed by atoms with Crippen molar-refractivity contribution in [3.63, 3.8) is 0 Å². The van der Waals surface area contributed by atoms with Gasteiger partial charge in [-0.2, -0.15) is 0 Å². The molecule has 0 unspecified atom stereocenters. The smallest absolute Gasteiger partial charge is 0.137 e. The van der Waals surface area contributed by atoms with Gasteiger partial charge in [0.2, 0.25) is 0 Å². The van der Waals surface area contributed by atoms with Crippen molar-refractivity contribution in [2.45, 2.75) is 40.5 Å². The topological polar surface area (TPSA) is 132 Å². The van der Waals surface area contributed by atoms with Crippen LogP contribution in [0.5, 0.6) is 23.0 Å². The van der Waals surface area contributed by atoms with Crippen LogP contribution >= 0.6 is 23.2 Å². The first-order valence-corrected chi connectivity index (χ1v) is 17.7. The Morgan fingerprint density at radius 1 is 0.389 bits per heavy atom. The fourth-order valence-corrected chi connectivity index (χ4v) is 4.74. The second kappa shape index (κ2) is 22.9. The van der Waals surface area contributed by atoms with Crippen LogP contribution in [-0.4, -0.2) is 40.4 Å². The number of halogens is 2. The minimum Gasteiger partial charge on any atom is -0.506 e. The summed E-state index contributed by atoms with van der Waals surface area (Å²) in [5, 5.41) is 35.2. The number of rotatable bonds is 4. The molecule has 0 aliphatic rings. The molecule has 0 aliphatic heterocycles. The van der Waals surface area contributed by atoms with Gasteiger partial charge in [0.1, 0.15) is 33.0 Å². The Bertz CT molecular complexity index is 1910. The molecule has 4 N–H and O–H groups in total. The zero-order valence-corrected chi connectivity index (χ0v) is 32.1. The van der Waals surface area contributed by atoms with E-state index in [1.165, 1.54) is 58.7 Å². The molecule has 278 valence electrons. The molecular weight excluding hydrogens is 719 g/mol. The van der Waals surface area contributed by atoms with Crippen LogP contribution in [0, 0.1) is 27.7 Å². The summed E-state index contributed by atoms with van der Waals surface area (Å²) in [5.41, 5.74) is 9.34. The number of hydrogen-bond donors (Lipinski definition) is 4. The lowest BCUT2D eigenvalue weighted by atomic mass is 10.1. The van der Waals surface area contributed by atoms with E-state index in [9.17, 15) is 0 Å². The highest BCUT2D eigenvalue weighted by Crippen LogP contribution is 2.31. The molecular formula is C44H44Cl2N4O4. The first kappa shape index (κ1) is 42.5. The number of aromatic hydroxyl groups is 4. The summed E-state index contributed by atoms with van der Waals surface area (Å²) in [5.74, 6) is -0.401. The van der Waals surface area contributed by atoms with E-state index in [1.54, 1.807) is 0 Å². The molecule has 0 spiro atoms. The first-order chi connectivity index (χ1) is 26.0. The van der Waals surface area contributed by atoms with Gasteiger partial charge in [0.25, 0.3) is 0 Å². The Labute approximate surface area is 327 Å². The maximum atomic E-state index is 8.81. The van der Waals surface area contributed by atoms with Gasteiger partial charge in [-0.1, -0.05) is 96.0 Å². The van der Waals surface area contributed by atoms with Crippen LogP contribution in [0.2, 0.25) is 10.0 Å². The third kappa shape index (κ3) is 14.9. The summed E-state index contributed by atoms with van der Waals surface area (Å²) in [6.07, 6.45) is 9.46. The molecule has 8 nitrogen and oxygen atoms in total. The van der Waals surface area contributed by atoms with E-state index in [4.69, 9.17) is 43.6 Å². The third-order valence-corrected chi connectivity index (χ3v) is 8.49. The largest absolute Gasteiger partial charge is 0.506 e. The van der Waals surface area contributed by atoms with Crippen LogP contribution in [0.15, 0.2) is 146 Å². The molecule has 0 radical (unpaired) electrons. The van der Waals surface area contributed by atoms with Crippen molar-refractivity contribution in [1.82, 2.24) is 19.9 Å². The summed E-state index contributed by atoms with van der Waals surface area (Å²) in [6.45, 7) is 7.92. The second-order valence-corrected chi connectivity index (χ2v) is 12.5. The minimum absolute atomic E-state index is 0.00231. The number of aromatic nitrogens is 4. The summed E-state index contributed by atoms with van der Waals surface area (Å²) in [4.78, 5) is 16.6. The monoisotopic (exact) mass is 762 g/mol. The molecule has 7 rings (SSSR count). The zero-order valence-electron chi connectivity index (χ0n) is 30.6. The average molecular weight is 764 g/mol. The highest BCUT2D eigenvalue weighted by atomic mass is 35.5. The van der Waals surface area contributed by atoms with Crippen LogP contribution in [0.3, 0.4) is 0 Å². The number of phenols is 4. The van der Waals surface area contributed by atoms with Gasteiger partial charge >= 0.3 is 0 Å². The van der Waals surface area contributed by atoms with Crippen LogP contribution in [0.4, 0.5) is 0 Å². The maximum absolute atomic E-state index is 8.81. The maximum Gasteiger partial charge on any atom is 0.137 e. The lowest BCUT2D eigenvalue weighted by Gasteiger charge is -2.01. The predicted octanol–water partition coefficient (Wildman–Crippen LogP) is 10.8. The molecule has 0 atom stereocenters. The summed E-state index contributed by atoms with van der Waals surface area (Å²) >= 11 is 10.8. The quantitative estimate of drug-likeness (QED) is 0.139. The van der Waals surface area contributed by atoms with Crippen molar-refractivity contribution >= 4 is 23.2 Å². The fourth-order valence-electron chi connectivity index (χ4n) is 4.49.